The van der Waals surface area contributed by atoms with Crippen LogP contribution in [0.15, 0.2) is 45.6 Å². The van der Waals surface area contributed by atoms with Crippen LogP contribution in [-0.4, -0.2) is 14.9 Å². The Morgan fingerprint density at radius 1 is 1.23 bits per heavy atom. The fourth-order valence-electron chi connectivity index (χ4n) is 3.64. The Balaban J connectivity index is 1.45. The summed E-state index contributed by atoms with van der Waals surface area (Å²) in [7, 11) is 0. The zero-order chi connectivity index (χ0) is 20.8. The molecule has 5 rings (SSSR count). The number of rotatable bonds is 4. The van der Waals surface area contributed by atoms with Gasteiger partial charge in [-0.2, -0.15) is 0 Å². The van der Waals surface area contributed by atoms with Crippen LogP contribution in [0, 0.1) is 10.1 Å². The second-order valence-electron chi connectivity index (χ2n) is 6.95. The van der Waals surface area contributed by atoms with E-state index in [0.717, 1.165) is 24.8 Å². The number of non-ortho nitro benzene ring substituents is 1. The number of hydrogen-bond donors (Lipinski definition) is 1. The molecule has 0 amide bonds. The van der Waals surface area contributed by atoms with Crippen LogP contribution in [0.25, 0.3) is 32.6 Å². The van der Waals surface area contributed by atoms with Gasteiger partial charge in [-0.15, -0.1) is 11.3 Å². The van der Waals surface area contributed by atoms with Crippen LogP contribution in [0.1, 0.15) is 28.4 Å². The molecule has 0 bridgehead atoms. The number of halogens is 1. The maximum Gasteiger partial charge on any atom is 0.269 e. The quantitative estimate of drug-likeness (QED) is 0.339. The Morgan fingerprint density at radius 2 is 2.03 bits per heavy atom. The third-order valence-electron chi connectivity index (χ3n) is 5.06. The Bertz CT molecular complexity index is 1380. The van der Waals surface area contributed by atoms with Gasteiger partial charge < -0.3 is 9.40 Å². The molecule has 30 heavy (non-hydrogen) atoms. The predicted molar refractivity (Wildman–Crippen MR) is 117 cm³/mol. The maximum absolute atomic E-state index is 12.6. The first-order valence-electron chi connectivity index (χ1n) is 9.26. The fourth-order valence-corrected chi connectivity index (χ4v) is 5.10. The highest BCUT2D eigenvalue weighted by molar-refractivity contribution is 7.18. The number of thiophene rings is 1. The van der Waals surface area contributed by atoms with Gasteiger partial charge in [0.05, 0.1) is 15.3 Å². The van der Waals surface area contributed by atoms with Gasteiger partial charge in [0.25, 0.3) is 11.2 Å². The standard InChI is InChI=1S/C21H14ClN3O4S/c22-15(19-23-20(26)18-14-2-1-3-17(14)30-21(18)24-19)10-13-8-9-16(29-13)11-4-6-12(7-5-11)25(27)28/h4-10H,1-3H2,(H,23,24,26)/b15-10-. The summed E-state index contributed by atoms with van der Waals surface area (Å²) in [6.45, 7) is 0. The summed E-state index contributed by atoms with van der Waals surface area (Å²) in [4.78, 5) is 32.2. The zero-order valence-corrected chi connectivity index (χ0v) is 17.0. The number of nitrogens with one attached hydrogen (secondary N) is 1. The van der Waals surface area contributed by atoms with E-state index in [1.54, 1.807) is 41.7 Å². The normalized spacial score (nSPS) is 13.7. The van der Waals surface area contributed by atoms with Crippen molar-refractivity contribution in [3.63, 3.8) is 0 Å². The molecule has 7 nitrogen and oxygen atoms in total. The van der Waals surface area contributed by atoms with E-state index >= 15 is 0 Å². The minimum atomic E-state index is -0.452. The molecule has 0 spiro atoms. The number of nitro benzene ring substituents is 1. The molecular formula is C21H14ClN3O4S. The first-order chi connectivity index (χ1) is 14.5. The van der Waals surface area contributed by atoms with E-state index in [1.807, 2.05) is 0 Å². The third-order valence-corrected chi connectivity index (χ3v) is 6.53. The third kappa shape index (κ3) is 3.24. The molecule has 0 fully saturated rings. The van der Waals surface area contributed by atoms with Crippen LogP contribution < -0.4 is 5.56 Å². The Labute approximate surface area is 178 Å². The molecule has 150 valence electrons. The number of benzene rings is 1. The monoisotopic (exact) mass is 439 g/mol. The smallest absolute Gasteiger partial charge is 0.269 e. The number of nitro groups is 1. The Kier molecular flexibility index (Phi) is 4.52. The van der Waals surface area contributed by atoms with E-state index in [-0.39, 0.29) is 16.3 Å². The molecule has 0 unspecified atom stereocenters. The number of nitrogens with zero attached hydrogens (tertiary/aromatic N) is 2. The van der Waals surface area contributed by atoms with Crippen molar-refractivity contribution in [3.05, 3.63) is 78.9 Å². The van der Waals surface area contributed by atoms with Gasteiger partial charge >= 0.3 is 0 Å². The molecule has 3 aromatic heterocycles. The SMILES string of the molecule is O=c1[nH]c(/C(Cl)=C/c2ccc(-c3ccc([N+](=O)[O-])cc3)o2)nc2sc3c(c12)CCC3. The Hall–Kier alpha value is -3.23. The van der Waals surface area contributed by atoms with E-state index in [1.165, 1.54) is 17.0 Å². The van der Waals surface area contributed by atoms with Crippen LogP contribution in [-0.2, 0) is 12.8 Å². The molecule has 1 aliphatic carbocycles. The second-order valence-corrected chi connectivity index (χ2v) is 8.44. The summed E-state index contributed by atoms with van der Waals surface area (Å²) in [6.07, 6.45) is 4.57. The lowest BCUT2D eigenvalue weighted by atomic mass is 10.1. The van der Waals surface area contributed by atoms with Crippen molar-refractivity contribution >= 4 is 50.0 Å². The van der Waals surface area contributed by atoms with Crippen LogP contribution in [0.3, 0.4) is 0 Å². The van der Waals surface area contributed by atoms with Crippen molar-refractivity contribution in [2.45, 2.75) is 19.3 Å². The van der Waals surface area contributed by atoms with Crippen molar-refractivity contribution in [2.24, 2.45) is 0 Å². The van der Waals surface area contributed by atoms with Crippen LogP contribution in [0.2, 0.25) is 0 Å². The number of fused-ring (bicyclic) bond motifs is 3. The number of hydrogen-bond acceptors (Lipinski definition) is 6. The zero-order valence-electron chi connectivity index (χ0n) is 15.5. The topological polar surface area (TPSA) is 102 Å². The summed E-state index contributed by atoms with van der Waals surface area (Å²) in [5.41, 5.74) is 1.66. The van der Waals surface area contributed by atoms with E-state index in [9.17, 15) is 14.9 Å². The summed E-state index contributed by atoms with van der Waals surface area (Å²) >= 11 is 7.97. The van der Waals surface area contributed by atoms with Gasteiger partial charge in [0, 0.05) is 28.6 Å². The highest BCUT2D eigenvalue weighted by Gasteiger charge is 2.21. The van der Waals surface area contributed by atoms with Crippen LogP contribution in [0.4, 0.5) is 5.69 Å². The molecule has 1 aliphatic rings. The van der Waals surface area contributed by atoms with Gasteiger partial charge in [0.1, 0.15) is 16.4 Å². The average molecular weight is 440 g/mol. The lowest BCUT2D eigenvalue weighted by Gasteiger charge is -2.00. The molecule has 0 saturated carbocycles. The molecule has 0 atom stereocenters. The van der Waals surface area contributed by atoms with Crippen molar-refractivity contribution in [3.8, 4) is 11.3 Å². The number of aromatic amines is 1. The Morgan fingerprint density at radius 3 is 2.80 bits per heavy atom. The highest BCUT2D eigenvalue weighted by Crippen LogP contribution is 2.35. The van der Waals surface area contributed by atoms with Crippen molar-refractivity contribution in [1.82, 2.24) is 9.97 Å². The first kappa shape index (κ1) is 18.8. The summed E-state index contributed by atoms with van der Waals surface area (Å²) < 4.78 is 5.78. The van der Waals surface area contributed by atoms with Crippen LogP contribution in [0.5, 0.6) is 0 Å². The number of aromatic nitrogens is 2. The van der Waals surface area contributed by atoms with Gasteiger partial charge in [-0.25, -0.2) is 4.98 Å². The summed E-state index contributed by atoms with van der Waals surface area (Å²) in [5, 5.41) is 11.7. The van der Waals surface area contributed by atoms with E-state index in [2.05, 4.69) is 9.97 Å². The van der Waals surface area contributed by atoms with Crippen molar-refractivity contribution < 1.29 is 9.34 Å². The largest absolute Gasteiger partial charge is 0.457 e. The van der Waals surface area contributed by atoms with E-state index in [4.69, 9.17) is 16.0 Å². The van der Waals surface area contributed by atoms with Gasteiger partial charge in [0.15, 0.2) is 5.82 Å². The lowest BCUT2D eigenvalue weighted by Crippen LogP contribution is -2.10. The molecule has 3 heterocycles. The second kappa shape index (κ2) is 7.23. The molecule has 1 aromatic carbocycles. The number of H-pyrrole nitrogens is 1. The molecule has 0 radical (unpaired) electrons. The molecule has 0 aliphatic heterocycles. The summed E-state index contributed by atoms with van der Waals surface area (Å²) in [6, 6.07) is 9.56. The predicted octanol–water partition coefficient (Wildman–Crippen LogP) is 5.38. The van der Waals surface area contributed by atoms with Crippen molar-refractivity contribution in [2.75, 3.05) is 0 Å². The molecule has 0 saturated heterocycles. The minimum absolute atomic E-state index is 0.0124. The van der Waals surface area contributed by atoms with Crippen molar-refractivity contribution in [1.29, 1.82) is 0 Å². The minimum Gasteiger partial charge on any atom is -0.457 e. The first-order valence-corrected chi connectivity index (χ1v) is 10.5. The van der Waals surface area contributed by atoms with Gasteiger partial charge in [0.2, 0.25) is 0 Å². The molecule has 9 heteroatoms. The lowest BCUT2D eigenvalue weighted by molar-refractivity contribution is -0.384. The number of furan rings is 1. The molecule has 4 aromatic rings. The summed E-state index contributed by atoms with van der Waals surface area (Å²) in [5.74, 6) is 1.32. The van der Waals surface area contributed by atoms with Gasteiger partial charge in [-0.05, 0) is 49.1 Å². The molecule has 1 N–H and O–H groups in total. The average Bonchev–Trinajstić information content (AvgIpc) is 3.43. The van der Waals surface area contributed by atoms with E-state index in [0.29, 0.717) is 33.1 Å². The highest BCUT2D eigenvalue weighted by atomic mass is 35.5. The van der Waals surface area contributed by atoms with E-state index < -0.39 is 4.92 Å². The van der Waals surface area contributed by atoms with Crippen LogP contribution >= 0.6 is 22.9 Å². The van der Waals surface area contributed by atoms with Gasteiger partial charge in [-0.3, -0.25) is 14.9 Å². The molecular weight excluding hydrogens is 426 g/mol. The fraction of sp³-hybridized carbons (Fsp3) is 0.143. The van der Waals surface area contributed by atoms with Gasteiger partial charge in [-0.1, -0.05) is 11.6 Å². The number of aryl methyl sites for hydroxylation is 2. The maximum atomic E-state index is 12.6.